The predicted octanol–water partition coefficient (Wildman–Crippen LogP) is 0.290. The molecule has 24 heavy (non-hydrogen) atoms. The van der Waals surface area contributed by atoms with Crippen LogP contribution in [0.5, 0.6) is 5.75 Å². The van der Waals surface area contributed by atoms with Crippen LogP contribution in [0.1, 0.15) is 10.4 Å². The SMILES string of the molecule is COCCNCCNC(=O)c1cc(Cl)c(-n2cnnn2)cc1OC. The maximum atomic E-state index is 12.3. The number of aromatic nitrogens is 4. The Labute approximate surface area is 144 Å². The minimum absolute atomic E-state index is 0.273. The molecule has 1 aromatic carbocycles. The quantitative estimate of drug-likeness (QED) is 0.624. The van der Waals surface area contributed by atoms with Crippen molar-refractivity contribution in [2.75, 3.05) is 40.5 Å². The lowest BCUT2D eigenvalue weighted by molar-refractivity contribution is 0.0950. The largest absolute Gasteiger partial charge is 0.496 e. The van der Waals surface area contributed by atoms with Crippen molar-refractivity contribution in [2.24, 2.45) is 0 Å². The molecule has 2 aromatic rings. The van der Waals surface area contributed by atoms with E-state index in [2.05, 4.69) is 26.2 Å². The zero-order valence-electron chi connectivity index (χ0n) is 13.5. The highest BCUT2D eigenvalue weighted by atomic mass is 35.5. The van der Waals surface area contributed by atoms with Crippen molar-refractivity contribution in [2.45, 2.75) is 0 Å². The molecule has 0 radical (unpaired) electrons. The summed E-state index contributed by atoms with van der Waals surface area (Å²) in [6, 6.07) is 3.15. The standard InChI is InChI=1S/C14H19ClN6O3/c1-23-6-5-16-3-4-17-14(22)10-7-11(15)12(8-13(10)24-2)21-9-18-19-20-21/h7-9,16H,3-6H2,1-2H3,(H,17,22). The van der Waals surface area contributed by atoms with Gasteiger partial charge in [-0.3, -0.25) is 4.79 Å². The van der Waals surface area contributed by atoms with E-state index >= 15 is 0 Å². The molecular weight excluding hydrogens is 336 g/mol. The fraction of sp³-hybridized carbons (Fsp3) is 0.429. The van der Waals surface area contributed by atoms with Gasteiger partial charge in [-0.05, 0) is 16.5 Å². The van der Waals surface area contributed by atoms with E-state index in [0.717, 1.165) is 6.54 Å². The van der Waals surface area contributed by atoms with Crippen LogP contribution in [0.4, 0.5) is 0 Å². The molecule has 0 unspecified atom stereocenters. The number of tetrazole rings is 1. The average Bonchev–Trinajstić information content (AvgIpc) is 3.11. The summed E-state index contributed by atoms with van der Waals surface area (Å²) in [5.74, 6) is 0.111. The first-order chi connectivity index (χ1) is 11.7. The lowest BCUT2D eigenvalue weighted by Crippen LogP contribution is -2.33. The topological polar surface area (TPSA) is 103 Å². The summed E-state index contributed by atoms with van der Waals surface area (Å²) in [7, 11) is 3.12. The normalized spacial score (nSPS) is 10.6. The summed E-state index contributed by atoms with van der Waals surface area (Å²) in [6.07, 6.45) is 1.41. The first-order valence-electron chi connectivity index (χ1n) is 7.26. The first-order valence-corrected chi connectivity index (χ1v) is 7.64. The Kier molecular flexibility index (Phi) is 6.91. The van der Waals surface area contributed by atoms with Crippen molar-refractivity contribution in [3.8, 4) is 11.4 Å². The number of methoxy groups -OCH3 is 2. The van der Waals surface area contributed by atoms with Gasteiger partial charge in [-0.1, -0.05) is 11.6 Å². The molecule has 2 rings (SSSR count). The molecule has 0 saturated heterocycles. The van der Waals surface area contributed by atoms with Gasteiger partial charge in [0, 0.05) is 32.8 Å². The highest BCUT2D eigenvalue weighted by Gasteiger charge is 2.17. The number of amides is 1. The molecule has 2 N–H and O–H groups in total. The molecule has 1 heterocycles. The summed E-state index contributed by atoms with van der Waals surface area (Å²) in [5, 5.41) is 17.2. The van der Waals surface area contributed by atoms with Crippen LogP contribution in [0.3, 0.4) is 0 Å². The molecule has 1 aromatic heterocycles. The second-order valence-electron chi connectivity index (χ2n) is 4.76. The van der Waals surface area contributed by atoms with Gasteiger partial charge in [0.1, 0.15) is 12.1 Å². The van der Waals surface area contributed by atoms with Gasteiger partial charge in [0.05, 0.1) is 30.0 Å². The Hall–Kier alpha value is -2.23. The van der Waals surface area contributed by atoms with Crippen LogP contribution in [-0.2, 0) is 4.74 Å². The summed E-state index contributed by atoms with van der Waals surface area (Å²) >= 11 is 6.23. The number of rotatable bonds is 9. The fourth-order valence-corrected chi connectivity index (χ4v) is 2.25. The number of hydrogen-bond acceptors (Lipinski definition) is 7. The Balaban J connectivity index is 2.04. The van der Waals surface area contributed by atoms with Crippen molar-refractivity contribution >= 4 is 17.5 Å². The van der Waals surface area contributed by atoms with Crippen molar-refractivity contribution in [1.29, 1.82) is 0 Å². The molecule has 0 aliphatic rings. The number of carbonyl (C=O) groups excluding carboxylic acids is 1. The lowest BCUT2D eigenvalue weighted by atomic mass is 10.1. The zero-order valence-corrected chi connectivity index (χ0v) is 14.2. The van der Waals surface area contributed by atoms with E-state index < -0.39 is 0 Å². The highest BCUT2D eigenvalue weighted by Crippen LogP contribution is 2.29. The van der Waals surface area contributed by atoms with Gasteiger partial charge in [0.15, 0.2) is 0 Å². The summed E-state index contributed by atoms with van der Waals surface area (Å²) in [4.78, 5) is 12.3. The van der Waals surface area contributed by atoms with Crippen LogP contribution in [0.15, 0.2) is 18.5 Å². The molecular formula is C14H19ClN6O3. The monoisotopic (exact) mass is 354 g/mol. The highest BCUT2D eigenvalue weighted by molar-refractivity contribution is 6.33. The van der Waals surface area contributed by atoms with Crippen molar-refractivity contribution in [3.63, 3.8) is 0 Å². The second kappa shape index (κ2) is 9.16. The van der Waals surface area contributed by atoms with E-state index in [1.807, 2.05) is 0 Å². The molecule has 0 spiro atoms. The minimum atomic E-state index is -0.273. The summed E-state index contributed by atoms with van der Waals surface area (Å²) < 4.78 is 11.6. The number of benzene rings is 1. The Morgan fingerprint density at radius 3 is 2.79 bits per heavy atom. The molecule has 0 aliphatic heterocycles. The smallest absolute Gasteiger partial charge is 0.255 e. The van der Waals surface area contributed by atoms with Gasteiger partial charge in [0.2, 0.25) is 0 Å². The Morgan fingerprint density at radius 1 is 1.29 bits per heavy atom. The zero-order chi connectivity index (χ0) is 17.4. The summed E-state index contributed by atoms with van der Waals surface area (Å²) in [6.45, 7) is 2.45. The maximum absolute atomic E-state index is 12.3. The fourth-order valence-electron chi connectivity index (χ4n) is 2.00. The first kappa shape index (κ1) is 18.1. The molecule has 10 heteroatoms. The predicted molar refractivity (Wildman–Crippen MR) is 87.8 cm³/mol. The molecule has 0 bridgehead atoms. The van der Waals surface area contributed by atoms with Crippen LogP contribution in [0, 0.1) is 0 Å². The van der Waals surface area contributed by atoms with Crippen molar-refractivity contribution in [3.05, 3.63) is 29.0 Å². The third kappa shape index (κ3) is 4.63. The summed E-state index contributed by atoms with van der Waals surface area (Å²) in [5.41, 5.74) is 0.868. The number of carbonyl (C=O) groups is 1. The van der Waals surface area contributed by atoms with E-state index in [0.29, 0.717) is 41.7 Å². The number of nitrogens with zero attached hydrogens (tertiary/aromatic N) is 4. The second-order valence-corrected chi connectivity index (χ2v) is 5.16. The third-order valence-electron chi connectivity index (χ3n) is 3.18. The number of ether oxygens (including phenoxy) is 2. The van der Waals surface area contributed by atoms with E-state index in [-0.39, 0.29) is 5.91 Å². The van der Waals surface area contributed by atoms with Gasteiger partial charge in [0.25, 0.3) is 5.91 Å². The molecule has 0 fully saturated rings. The number of nitrogens with one attached hydrogen (secondary N) is 2. The van der Waals surface area contributed by atoms with Crippen LogP contribution in [-0.4, -0.2) is 66.6 Å². The van der Waals surface area contributed by atoms with Gasteiger partial charge in [-0.2, -0.15) is 4.68 Å². The van der Waals surface area contributed by atoms with E-state index in [1.54, 1.807) is 13.2 Å². The molecule has 0 saturated carbocycles. The van der Waals surface area contributed by atoms with Crippen molar-refractivity contribution in [1.82, 2.24) is 30.8 Å². The number of halogens is 1. The maximum Gasteiger partial charge on any atom is 0.255 e. The third-order valence-corrected chi connectivity index (χ3v) is 3.48. The van der Waals surface area contributed by atoms with Crippen LogP contribution in [0.2, 0.25) is 5.02 Å². The van der Waals surface area contributed by atoms with E-state index in [1.165, 1.54) is 24.2 Å². The average molecular weight is 355 g/mol. The molecule has 1 amide bonds. The van der Waals surface area contributed by atoms with E-state index in [9.17, 15) is 4.79 Å². The molecule has 0 atom stereocenters. The lowest BCUT2D eigenvalue weighted by Gasteiger charge is -2.12. The van der Waals surface area contributed by atoms with Gasteiger partial charge in [-0.25, -0.2) is 0 Å². The van der Waals surface area contributed by atoms with Crippen LogP contribution in [0.25, 0.3) is 5.69 Å². The molecule has 0 aliphatic carbocycles. The van der Waals surface area contributed by atoms with Gasteiger partial charge in [-0.15, -0.1) is 5.10 Å². The number of hydrogen-bond donors (Lipinski definition) is 2. The van der Waals surface area contributed by atoms with Gasteiger partial charge >= 0.3 is 0 Å². The van der Waals surface area contributed by atoms with Crippen LogP contribution < -0.4 is 15.4 Å². The Bertz CT molecular complexity index is 665. The van der Waals surface area contributed by atoms with Gasteiger partial charge < -0.3 is 20.1 Å². The van der Waals surface area contributed by atoms with Crippen LogP contribution >= 0.6 is 11.6 Å². The van der Waals surface area contributed by atoms with Crippen molar-refractivity contribution < 1.29 is 14.3 Å². The Morgan fingerprint density at radius 2 is 2.12 bits per heavy atom. The minimum Gasteiger partial charge on any atom is -0.496 e. The molecule has 130 valence electrons. The van der Waals surface area contributed by atoms with E-state index in [4.69, 9.17) is 21.1 Å². The molecule has 9 nitrogen and oxygen atoms in total.